The van der Waals surface area contributed by atoms with Gasteiger partial charge >= 0.3 is 12.3 Å². The third kappa shape index (κ3) is 6.15. The zero-order valence-corrected chi connectivity index (χ0v) is 17.7. The van der Waals surface area contributed by atoms with Gasteiger partial charge in [-0.25, -0.2) is 13.8 Å². The minimum Gasteiger partial charge on any atom is -0.459 e. The van der Waals surface area contributed by atoms with Crippen LogP contribution in [0.3, 0.4) is 0 Å². The van der Waals surface area contributed by atoms with Gasteiger partial charge < -0.3 is 19.7 Å². The quantitative estimate of drug-likeness (QED) is 0.375. The number of hydroxylamine groups is 3. The van der Waals surface area contributed by atoms with E-state index >= 15 is 0 Å². The van der Waals surface area contributed by atoms with Gasteiger partial charge in [-0.1, -0.05) is 0 Å². The highest BCUT2D eigenvalue weighted by molar-refractivity contribution is 5.90. The highest BCUT2D eigenvalue weighted by atomic mass is 19.3. The van der Waals surface area contributed by atoms with Crippen molar-refractivity contribution in [2.75, 3.05) is 49.3 Å². The smallest absolute Gasteiger partial charge is 0.315 e. The van der Waals surface area contributed by atoms with Crippen molar-refractivity contribution < 1.29 is 46.7 Å². The number of furan rings is 1. The minimum atomic E-state index is -3.27. The van der Waals surface area contributed by atoms with Crippen LogP contribution in [0, 0.1) is 11.6 Å². The molecule has 1 saturated heterocycles. The SMILES string of the molecule is O=C(NC[C@H](O)CN(O)c1cc(F)c(N2CCON(C(=O)c3ccco3)CC2)c(F)c1)C(F)F. The second-order valence-corrected chi connectivity index (χ2v) is 7.24. The number of carbonyl (C=O) groups is 2. The normalized spacial score (nSPS) is 15.3. The number of halogens is 4. The van der Waals surface area contributed by atoms with Gasteiger partial charge in [-0.15, -0.1) is 0 Å². The molecule has 0 saturated carbocycles. The van der Waals surface area contributed by atoms with Crippen molar-refractivity contribution in [1.29, 1.82) is 0 Å². The fourth-order valence-corrected chi connectivity index (χ4v) is 3.22. The molecule has 0 aliphatic carbocycles. The summed E-state index contributed by atoms with van der Waals surface area (Å²) in [5.74, 6) is -4.15. The lowest BCUT2D eigenvalue weighted by Gasteiger charge is -2.25. The summed E-state index contributed by atoms with van der Waals surface area (Å²) >= 11 is 0. The summed E-state index contributed by atoms with van der Waals surface area (Å²) in [5, 5.41) is 22.9. The molecule has 2 amide bonds. The maximum absolute atomic E-state index is 14.8. The number of hydrogen-bond acceptors (Lipinski definition) is 8. The predicted molar refractivity (Wildman–Crippen MR) is 108 cm³/mol. The zero-order chi connectivity index (χ0) is 24.8. The van der Waals surface area contributed by atoms with Crippen LogP contribution in [0.25, 0.3) is 0 Å². The van der Waals surface area contributed by atoms with E-state index in [2.05, 4.69) is 0 Å². The van der Waals surface area contributed by atoms with Crippen LogP contribution in [0.2, 0.25) is 0 Å². The third-order valence-electron chi connectivity index (χ3n) is 4.85. The molecule has 1 aromatic heterocycles. The first kappa shape index (κ1) is 25.3. The second-order valence-electron chi connectivity index (χ2n) is 7.24. The van der Waals surface area contributed by atoms with Crippen LogP contribution in [-0.2, 0) is 9.63 Å². The largest absolute Gasteiger partial charge is 0.459 e. The van der Waals surface area contributed by atoms with Crippen LogP contribution in [0.5, 0.6) is 0 Å². The summed E-state index contributed by atoms with van der Waals surface area (Å²) < 4.78 is 58.9. The molecule has 0 bridgehead atoms. The lowest BCUT2D eigenvalue weighted by Crippen LogP contribution is -2.41. The maximum Gasteiger partial charge on any atom is 0.315 e. The van der Waals surface area contributed by atoms with Crippen LogP contribution in [0.1, 0.15) is 10.6 Å². The van der Waals surface area contributed by atoms with Gasteiger partial charge in [0.05, 0.1) is 37.8 Å². The van der Waals surface area contributed by atoms with Gasteiger partial charge in [-0.3, -0.25) is 24.7 Å². The highest BCUT2D eigenvalue weighted by Gasteiger charge is 2.27. The van der Waals surface area contributed by atoms with Gasteiger partial charge in [-0.05, 0) is 12.1 Å². The van der Waals surface area contributed by atoms with E-state index in [4.69, 9.17) is 9.25 Å². The first-order valence-electron chi connectivity index (χ1n) is 10.1. The van der Waals surface area contributed by atoms with E-state index in [9.17, 15) is 37.5 Å². The molecule has 14 heteroatoms. The zero-order valence-electron chi connectivity index (χ0n) is 17.7. The van der Waals surface area contributed by atoms with Gasteiger partial charge in [0.1, 0.15) is 5.69 Å². The molecule has 1 aliphatic rings. The first-order valence-corrected chi connectivity index (χ1v) is 10.1. The Labute approximate surface area is 190 Å². The Bertz CT molecular complexity index is 970. The molecule has 3 N–H and O–H groups in total. The van der Waals surface area contributed by atoms with E-state index in [1.807, 2.05) is 0 Å². The number of rotatable bonds is 8. The van der Waals surface area contributed by atoms with Crippen LogP contribution < -0.4 is 15.3 Å². The number of aliphatic hydroxyl groups excluding tert-OH is 1. The Morgan fingerprint density at radius 3 is 2.50 bits per heavy atom. The highest BCUT2D eigenvalue weighted by Crippen LogP contribution is 2.29. The number of nitrogens with zero attached hydrogens (tertiary/aromatic N) is 3. The Hall–Kier alpha value is -3.36. The van der Waals surface area contributed by atoms with Crippen LogP contribution in [-0.4, -0.2) is 79.1 Å². The van der Waals surface area contributed by atoms with Crippen molar-refractivity contribution in [3.05, 3.63) is 47.9 Å². The van der Waals surface area contributed by atoms with E-state index in [1.165, 1.54) is 23.3 Å². The molecule has 186 valence electrons. The fourth-order valence-electron chi connectivity index (χ4n) is 3.22. The summed E-state index contributed by atoms with van der Waals surface area (Å²) in [5.41, 5.74) is -0.753. The summed E-state index contributed by atoms with van der Waals surface area (Å²) in [6.07, 6.45) is -3.45. The lowest BCUT2D eigenvalue weighted by atomic mass is 10.2. The van der Waals surface area contributed by atoms with E-state index in [1.54, 1.807) is 5.32 Å². The Morgan fingerprint density at radius 2 is 1.88 bits per heavy atom. The van der Waals surface area contributed by atoms with Crippen LogP contribution in [0.4, 0.5) is 28.9 Å². The van der Waals surface area contributed by atoms with Crippen molar-refractivity contribution in [1.82, 2.24) is 10.4 Å². The third-order valence-corrected chi connectivity index (χ3v) is 4.85. The molecule has 1 aliphatic heterocycles. The van der Waals surface area contributed by atoms with Crippen LogP contribution in [0.15, 0.2) is 34.9 Å². The van der Waals surface area contributed by atoms with Gasteiger partial charge in [0.25, 0.3) is 5.91 Å². The topological polar surface area (TPSA) is 119 Å². The molecule has 2 aromatic rings. The molecule has 0 unspecified atom stereocenters. The van der Waals surface area contributed by atoms with E-state index in [0.29, 0.717) is 5.06 Å². The molecule has 2 heterocycles. The Kier molecular flexibility index (Phi) is 8.31. The molecule has 0 radical (unpaired) electrons. The van der Waals surface area contributed by atoms with E-state index in [0.717, 1.165) is 17.2 Å². The molecule has 1 atom stereocenters. The number of amides is 2. The van der Waals surface area contributed by atoms with Crippen LogP contribution >= 0.6 is 0 Å². The second kappa shape index (κ2) is 11.2. The van der Waals surface area contributed by atoms with E-state index in [-0.39, 0.29) is 37.7 Å². The Morgan fingerprint density at radius 1 is 1.18 bits per heavy atom. The van der Waals surface area contributed by atoms with Crippen molar-refractivity contribution in [2.24, 2.45) is 0 Å². The average Bonchev–Trinajstić information content (AvgIpc) is 3.22. The fraction of sp³-hybridized carbons (Fsp3) is 0.400. The van der Waals surface area contributed by atoms with E-state index < -0.39 is 54.8 Å². The van der Waals surface area contributed by atoms with Gasteiger partial charge in [0, 0.05) is 31.8 Å². The van der Waals surface area contributed by atoms with Crippen molar-refractivity contribution >= 4 is 23.2 Å². The molecule has 3 rings (SSSR count). The maximum atomic E-state index is 14.8. The first-order chi connectivity index (χ1) is 16.2. The standard InChI is InChI=1S/C20H22F4N4O6/c21-14-8-12(27(32)11-13(29)10-25-19(30)18(23)24)9-15(22)17(14)26-3-4-28(34-7-5-26)20(31)16-2-1-6-33-16/h1-2,6,8-9,13,18,29,32H,3-5,7,10-11H2,(H,25,30)/t13-/m0/s1. The lowest BCUT2D eigenvalue weighted by molar-refractivity contribution is -0.132. The van der Waals surface area contributed by atoms with Gasteiger partial charge in [-0.2, -0.15) is 8.78 Å². The van der Waals surface area contributed by atoms with Crippen molar-refractivity contribution in [2.45, 2.75) is 12.5 Å². The molecular weight excluding hydrogens is 468 g/mol. The van der Waals surface area contributed by atoms with Crippen molar-refractivity contribution in [3.8, 4) is 0 Å². The summed E-state index contributed by atoms with van der Waals surface area (Å²) in [4.78, 5) is 29.9. The minimum absolute atomic E-state index is 0.0111. The average molecular weight is 490 g/mol. The molecule has 1 fully saturated rings. The number of alkyl halides is 2. The predicted octanol–water partition coefficient (Wildman–Crippen LogP) is 1.39. The summed E-state index contributed by atoms with van der Waals surface area (Å²) in [6, 6.07) is 4.63. The molecular formula is C20H22F4N4O6. The molecule has 1 aromatic carbocycles. The van der Waals surface area contributed by atoms with Crippen molar-refractivity contribution in [3.63, 3.8) is 0 Å². The van der Waals surface area contributed by atoms with Gasteiger partial charge in [0.15, 0.2) is 17.4 Å². The summed E-state index contributed by atoms with van der Waals surface area (Å²) in [7, 11) is 0. The number of anilines is 2. The number of benzene rings is 1. The Balaban J connectivity index is 1.63. The van der Waals surface area contributed by atoms with Gasteiger partial charge in [0.2, 0.25) is 0 Å². The molecule has 10 nitrogen and oxygen atoms in total. The monoisotopic (exact) mass is 490 g/mol. The number of aliphatic hydroxyl groups is 1. The summed E-state index contributed by atoms with van der Waals surface area (Å²) in [6.45, 7) is -1.20. The molecule has 34 heavy (non-hydrogen) atoms. The number of nitrogens with one attached hydrogen (secondary N) is 1. The number of hydrogen-bond donors (Lipinski definition) is 3. The number of carbonyl (C=O) groups excluding carboxylic acids is 2. The molecule has 0 spiro atoms.